The molecule has 0 fully saturated rings. The highest BCUT2D eigenvalue weighted by atomic mass is 19.4. The molecule has 0 spiro atoms. The fourth-order valence-electron chi connectivity index (χ4n) is 1.74. The van der Waals surface area contributed by atoms with Crippen LogP contribution in [0.3, 0.4) is 0 Å². The maximum atomic E-state index is 13.4. The molecule has 0 aromatic carbocycles. The number of ether oxygens (including phenoxy) is 2. The quantitative estimate of drug-likeness (QED) is 0.421. The van der Waals surface area contributed by atoms with Crippen LogP contribution in [0.25, 0.3) is 0 Å². The Kier molecular flexibility index (Phi) is 6.16. The molecule has 140 valence electrons. The van der Waals surface area contributed by atoms with Gasteiger partial charge in [-0.15, -0.1) is 0 Å². The SMILES string of the molecule is C=C(C)C(=O)OC(C)(C)C(OC(=O)C(C)C)(C(F)(F)F)C(F)(F)F. The van der Waals surface area contributed by atoms with Gasteiger partial charge < -0.3 is 9.47 Å². The van der Waals surface area contributed by atoms with Crippen LogP contribution >= 0.6 is 0 Å². The molecule has 0 aromatic rings. The molecule has 0 amide bonds. The molecule has 0 atom stereocenters. The van der Waals surface area contributed by atoms with Crippen molar-refractivity contribution in [1.29, 1.82) is 0 Å². The second-order valence-electron chi connectivity index (χ2n) is 5.93. The Labute approximate surface area is 134 Å². The van der Waals surface area contributed by atoms with Crippen molar-refractivity contribution in [1.82, 2.24) is 0 Å². The largest absolute Gasteiger partial charge is 0.451 e. The zero-order chi connectivity index (χ0) is 19.7. The first-order valence-electron chi connectivity index (χ1n) is 6.66. The van der Waals surface area contributed by atoms with Crippen molar-refractivity contribution in [2.24, 2.45) is 5.92 Å². The first kappa shape index (κ1) is 22.3. The van der Waals surface area contributed by atoms with Crippen LogP contribution in [0.2, 0.25) is 0 Å². The number of carbonyl (C=O) groups is 2. The number of carbonyl (C=O) groups excluding carboxylic acids is 2. The van der Waals surface area contributed by atoms with E-state index in [4.69, 9.17) is 0 Å². The summed E-state index contributed by atoms with van der Waals surface area (Å²) in [6.45, 7) is 6.98. The van der Waals surface area contributed by atoms with Crippen LogP contribution in [0, 0.1) is 5.92 Å². The van der Waals surface area contributed by atoms with Gasteiger partial charge in [0.15, 0.2) is 5.60 Å². The van der Waals surface area contributed by atoms with Gasteiger partial charge in [-0.3, -0.25) is 4.79 Å². The third kappa shape index (κ3) is 4.02. The molecule has 10 heteroatoms. The highest BCUT2D eigenvalue weighted by Crippen LogP contribution is 2.53. The smallest absolute Gasteiger partial charge is 0.441 e. The molecule has 4 nitrogen and oxygen atoms in total. The first-order valence-corrected chi connectivity index (χ1v) is 6.66. The van der Waals surface area contributed by atoms with Gasteiger partial charge in [0, 0.05) is 5.57 Å². The molecule has 24 heavy (non-hydrogen) atoms. The van der Waals surface area contributed by atoms with Crippen LogP contribution in [-0.2, 0) is 19.1 Å². The lowest BCUT2D eigenvalue weighted by Crippen LogP contribution is -2.72. The highest BCUT2D eigenvalue weighted by molar-refractivity contribution is 5.87. The summed E-state index contributed by atoms with van der Waals surface area (Å²) in [6, 6.07) is 0. The summed E-state index contributed by atoms with van der Waals surface area (Å²) in [6.07, 6.45) is -12.2. The van der Waals surface area contributed by atoms with E-state index in [2.05, 4.69) is 16.1 Å². The minimum absolute atomic E-state index is 0.364. The Morgan fingerprint density at radius 1 is 0.917 bits per heavy atom. The van der Waals surface area contributed by atoms with E-state index >= 15 is 0 Å². The van der Waals surface area contributed by atoms with Gasteiger partial charge in [-0.25, -0.2) is 4.79 Å². The molecular formula is C14H18F6O4. The predicted octanol–water partition coefficient (Wildman–Crippen LogP) is 3.95. The van der Waals surface area contributed by atoms with Gasteiger partial charge in [-0.1, -0.05) is 20.4 Å². The molecule has 0 radical (unpaired) electrons. The average Bonchev–Trinajstić information content (AvgIpc) is 2.30. The van der Waals surface area contributed by atoms with Gasteiger partial charge in [-0.2, -0.15) is 26.3 Å². The Balaban J connectivity index is 6.43. The van der Waals surface area contributed by atoms with Crippen LogP contribution in [0.15, 0.2) is 12.2 Å². The van der Waals surface area contributed by atoms with Crippen molar-refractivity contribution >= 4 is 11.9 Å². The lowest BCUT2D eigenvalue weighted by Gasteiger charge is -2.46. The number of hydrogen-bond acceptors (Lipinski definition) is 4. The van der Waals surface area contributed by atoms with E-state index in [1.54, 1.807) is 0 Å². The number of alkyl halides is 6. The topological polar surface area (TPSA) is 52.6 Å². The van der Waals surface area contributed by atoms with E-state index in [0.717, 1.165) is 20.8 Å². The Hall–Kier alpha value is -1.74. The van der Waals surface area contributed by atoms with Crippen molar-refractivity contribution in [3.05, 3.63) is 12.2 Å². The fourth-order valence-corrected chi connectivity index (χ4v) is 1.74. The van der Waals surface area contributed by atoms with Crippen LogP contribution < -0.4 is 0 Å². The van der Waals surface area contributed by atoms with Crippen molar-refractivity contribution < 1.29 is 45.4 Å². The summed E-state index contributed by atoms with van der Waals surface area (Å²) in [5.74, 6) is -4.51. The van der Waals surface area contributed by atoms with Crippen molar-refractivity contribution in [3.63, 3.8) is 0 Å². The zero-order valence-electron chi connectivity index (χ0n) is 13.7. The fraction of sp³-hybridized carbons (Fsp3) is 0.714. The average molecular weight is 364 g/mol. The van der Waals surface area contributed by atoms with Crippen molar-refractivity contribution in [2.75, 3.05) is 0 Å². The number of rotatable bonds is 5. The third-order valence-electron chi connectivity index (χ3n) is 3.07. The first-order chi connectivity index (χ1) is 10.4. The molecule has 0 saturated heterocycles. The summed E-state index contributed by atoms with van der Waals surface area (Å²) in [5.41, 5.74) is -8.76. The van der Waals surface area contributed by atoms with Gasteiger partial charge in [0.1, 0.15) is 0 Å². The van der Waals surface area contributed by atoms with Crippen molar-refractivity contribution in [3.8, 4) is 0 Å². The van der Waals surface area contributed by atoms with Crippen molar-refractivity contribution in [2.45, 2.75) is 58.2 Å². The minimum Gasteiger partial charge on any atom is -0.451 e. The summed E-state index contributed by atoms with van der Waals surface area (Å²) in [4.78, 5) is 23.0. The highest BCUT2D eigenvalue weighted by Gasteiger charge is 2.82. The van der Waals surface area contributed by atoms with E-state index < -0.39 is 47.0 Å². The second-order valence-corrected chi connectivity index (χ2v) is 5.93. The molecule has 0 bridgehead atoms. The maximum Gasteiger partial charge on any atom is 0.441 e. The minimum atomic E-state index is -6.10. The zero-order valence-corrected chi connectivity index (χ0v) is 13.7. The molecule has 0 aliphatic rings. The van der Waals surface area contributed by atoms with Gasteiger partial charge in [0.2, 0.25) is 0 Å². The normalized spacial score (nSPS) is 13.7. The predicted molar refractivity (Wildman–Crippen MR) is 70.8 cm³/mol. The second kappa shape index (κ2) is 6.64. The molecular weight excluding hydrogens is 346 g/mol. The molecule has 0 aliphatic heterocycles. The molecule has 0 heterocycles. The molecule has 0 unspecified atom stereocenters. The van der Waals surface area contributed by atoms with Crippen LogP contribution in [0.4, 0.5) is 26.3 Å². The maximum absolute atomic E-state index is 13.4. The van der Waals surface area contributed by atoms with E-state index in [1.165, 1.54) is 0 Å². The standard InChI is InChI=1S/C14H18F6O4/c1-7(2)9(21)23-11(5,6)12(13(15,16)17,14(18,19)20)24-10(22)8(3)4/h8H,1H2,2-6H3. The Bertz CT molecular complexity index is 502. The molecule has 0 rings (SSSR count). The molecule has 0 aliphatic carbocycles. The summed E-state index contributed by atoms with van der Waals surface area (Å²) in [7, 11) is 0. The third-order valence-corrected chi connectivity index (χ3v) is 3.07. The summed E-state index contributed by atoms with van der Waals surface area (Å²) in [5, 5.41) is 0. The van der Waals surface area contributed by atoms with E-state index in [0.29, 0.717) is 13.8 Å². The molecule has 0 saturated carbocycles. The van der Waals surface area contributed by atoms with Gasteiger partial charge in [-0.05, 0) is 20.8 Å². The molecule has 0 aromatic heterocycles. The Morgan fingerprint density at radius 3 is 1.54 bits per heavy atom. The van der Waals surface area contributed by atoms with Crippen LogP contribution in [-0.4, -0.2) is 35.5 Å². The van der Waals surface area contributed by atoms with E-state index in [9.17, 15) is 35.9 Å². The summed E-state index contributed by atoms with van der Waals surface area (Å²) < 4.78 is 88.8. The van der Waals surface area contributed by atoms with Crippen LogP contribution in [0.5, 0.6) is 0 Å². The lowest BCUT2D eigenvalue weighted by molar-refractivity contribution is -0.408. The monoisotopic (exact) mass is 364 g/mol. The molecule has 0 N–H and O–H groups in total. The van der Waals surface area contributed by atoms with Gasteiger partial charge in [0.05, 0.1) is 5.92 Å². The summed E-state index contributed by atoms with van der Waals surface area (Å²) >= 11 is 0. The number of halogens is 6. The van der Waals surface area contributed by atoms with Gasteiger partial charge in [0.25, 0.3) is 0 Å². The number of esters is 2. The van der Waals surface area contributed by atoms with E-state index in [-0.39, 0.29) is 0 Å². The Morgan fingerprint density at radius 2 is 1.29 bits per heavy atom. The van der Waals surface area contributed by atoms with E-state index in [1.807, 2.05) is 0 Å². The van der Waals surface area contributed by atoms with Gasteiger partial charge >= 0.3 is 29.9 Å². The van der Waals surface area contributed by atoms with Crippen LogP contribution in [0.1, 0.15) is 34.6 Å². The lowest BCUT2D eigenvalue weighted by atomic mass is 9.83. The number of hydrogen-bond donors (Lipinski definition) is 0.